The third kappa shape index (κ3) is 4.56. The van der Waals surface area contributed by atoms with Crippen molar-refractivity contribution >= 4 is 21.7 Å². The minimum atomic E-state index is -3.31. The van der Waals surface area contributed by atoms with Crippen LogP contribution in [0.2, 0.25) is 0 Å². The van der Waals surface area contributed by atoms with Gasteiger partial charge in [-0.05, 0) is 49.9 Å². The van der Waals surface area contributed by atoms with Gasteiger partial charge in [0.05, 0.1) is 10.5 Å². The van der Waals surface area contributed by atoms with Crippen molar-refractivity contribution in [3.8, 4) is 0 Å². The zero-order valence-corrected chi connectivity index (χ0v) is 15.0. The average Bonchev–Trinajstić information content (AvgIpc) is 2.54. The molecule has 2 rings (SSSR count). The highest BCUT2D eigenvalue weighted by Gasteiger charge is 2.27. The first kappa shape index (κ1) is 18.4. The number of piperidine rings is 1. The second kappa shape index (κ2) is 7.34. The fourth-order valence-corrected chi connectivity index (χ4v) is 3.23. The molecule has 1 aliphatic rings. The Bertz CT molecular complexity index is 703. The SMILES string of the molecule is CC1CCN(C(=O)[C@@H](C)OC(=O)c2ccc(S(C)(=O)=O)cc2)CC1. The molecular formula is C17H23NO5S. The highest BCUT2D eigenvalue weighted by atomic mass is 32.2. The standard InChI is InChI=1S/C17H23NO5S/c1-12-8-10-18(11-9-12)16(19)13(2)23-17(20)14-4-6-15(7-5-14)24(3,21)22/h4-7,12-13H,8-11H2,1-3H3/t13-/m1/s1. The van der Waals surface area contributed by atoms with E-state index in [0.29, 0.717) is 19.0 Å². The van der Waals surface area contributed by atoms with Gasteiger partial charge in [0.1, 0.15) is 0 Å². The molecule has 0 bridgehead atoms. The Morgan fingerprint density at radius 2 is 1.71 bits per heavy atom. The molecule has 1 aromatic rings. The Morgan fingerprint density at radius 3 is 2.21 bits per heavy atom. The molecule has 6 nitrogen and oxygen atoms in total. The first-order valence-corrected chi connectivity index (χ1v) is 9.87. The van der Waals surface area contributed by atoms with Gasteiger partial charge in [0.2, 0.25) is 0 Å². The van der Waals surface area contributed by atoms with E-state index in [9.17, 15) is 18.0 Å². The molecule has 0 N–H and O–H groups in total. The first-order chi connectivity index (χ1) is 11.2. The highest BCUT2D eigenvalue weighted by molar-refractivity contribution is 7.90. The summed E-state index contributed by atoms with van der Waals surface area (Å²) in [4.78, 5) is 26.3. The number of carbonyl (C=O) groups excluding carboxylic acids is 2. The maximum Gasteiger partial charge on any atom is 0.338 e. The third-order valence-corrected chi connectivity index (χ3v) is 5.37. The Balaban J connectivity index is 1.97. The predicted molar refractivity (Wildman–Crippen MR) is 89.4 cm³/mol. The molecule has 1 aromatic carbocycles. The lowest BCUT2D eigenvalue weighted by atomic mass is 9.99. The van der Waals surface area contributed by atoms with Gasteiger partial charge >= 0.3 is 5.97 Å². The summed E-state index contributed by atoms with van der Waals surface area (Å²) >= 11 is 0. The van der Waals surface area contributed by atoms with E-state index >= 15 is 0 Å². The van der Waals surface area contributed by atoms with Gasteiger partial charge in [0, 0.05) is 19.3 Å². The minimum Gasteiger partial charge on any atom is -0.449 e. The molecular weight excluding hydrogens is 330 g/mol. The van der Waals surface area contributed by atoms with Gasteiger partial charge in [-0.3, -0.25) is 4.79 Å². The van der Waals surface area contributed by atoms with E-state index in [4.69, 9.17) is 4.74 Å². The number of rotatable bonds is 4. The number of benzene rings is 1. The molecule has 0 aliphatic carbocycles. The van der Waals surface area contributed by atoms with E-state index in [-0.39, 0.29) is 16.4 Å². The summed E-state index contributed by atoms with van der Waals surface area (Å²) in [5.41, 5.74) is 0.217. The quantitative estimate of drug-likeness (QED) is 0.772. The number of ether oxygens (including phenoxy) is 1. The van der Waals surface area contributed by atoms with Gasteiger partial charge in [0.25, 0.3) is 5.91 Å². The predicted octanol–water partition coefficient (Wildman–Crippen LogP) is 1.89. The molecule has 7 heteroatoms. The van der Waals surface area contributed by atoms with Crippen LogP contribution in [0, 0.1) is 5.92 Å². The Labute approximate surface area is 142 Å². The molecule has 0 saturated carbocycles. The zero-order valence-electron chi connectivity index (χ0n) is 14.2. The maximum atomic E-state index is 12.3. The molecule has 0 radical (unpaired) electrons. The Hall–Kier alpha value is -1.89. The van der Waals surface area contributed by atoms with Gasteiger partial charge in [0.15, 0.2) is 15.9 Å². The number of hydrogen-bond donors (Lipinski definition) is 0. The van der Waals surface area contributed by atoms with Crippen LogP contribution in [0.3, 0.4) is 0 Å². The summed E-state index contributed by atoms with van der Waals surface area (Å²) in [5.74, 6) is -0.218. The first-order valence-electron chi connectivity index (χ1n) is 7.98. The molecule has 0 unspecified atom stereocenters. The lowest BCUT2D eigenvalue weighted by molar-refractivity contribution is -0.141. The molecule has 1 fully saturated rings. The molecule has 24 heavy (non-hydrogen) atoms. The third-order valence-electron chi connectivity index (χ3n) is 4.25. The summed E-state index contributed by atoms with van der Waals surface area (Å²) in [6, 6.07) is 5.48. The minimum absolute atomic E-state index is 0.130. The van der Waals surface area contributed by atoms with Crippen LogP contribution in [0.4, 0.5) is 0 Å². The van der Waals surface area contributed by atoms with Crippen molar-refractivity contribution in [2.24, 2.45) is 5.92 Å². The monoisotopic (exact) mass is 353 g/mol. The van der Waals surface area contributed by atoms with Crippen LogP contribution in [-0.4, -0.2) is 50.6 Å². The number of esters is 1. The van der Waals surface area contributed by atoms with E-state index in [1.54, 1.807) is 11.8 Å². The molecule has 1 saturated heterocycles. The van der Waals surface area contributed by atoms with Crippen molar-refractivity contribution in [1.82, 2.24) is 4.90 Å². The van der Waals surface area contributed by atoms with Crippen molar-refractivity contribution in [3.05, 3.63) is 29.8 Å². The van der Waals surface area contributed by atoms with Gasteiger partial charge in [-0.2, -0.15) is 0 Å². The maximum absolute atomic E-state index is 12.3. The summed E-state index contributed by atoms with van der Waals surface area (Å²) < 4.78 is 28.0. The van der Waals surface area contributed by atoms with Gasteiger partial charge in [-0.1, -0.05) is 6.92 Å². The fraction of sp³-hybridized carbons (Fsp3) is 0.529. The molecule has 0 aromatic heterocycles. The summed E-state index contributed by atoms with van der Waals surface area (Å²) in [6.45, 7) is 5.09. The van der Waals surface area contributed by atoms with Crippen molar-refractivity contribution < 1.29 is 22.7 Å². The van der Waals surface area contributed by atoms with Crippen LogP contribution in [0.1, 0.15) is 37.0 Å². The highest BCUT2D eigenvalue weighted by Crippen LogP contribution is 2.18. The molecule has 1 amide bonds. The van der Waals surface area contributed by atoms with Gasteiger partial charge in [-0.15, -0.1) is 0 Å². The largest absolute Gasteiger partial charge is 0.449 e. The fourth-order valence-electron chi connectivity index (χ4n) is 2.60. The Kier molecular flexibility index (Phi) is 5.64. The number of hydrogen-bond acceptors (Lipinski definition) is 5. The lowest BCUT2D eigenvalue weighted by Crippen LogP contribution is -2.44. The van der Waals surface area contributed by atoms with E-state index in [1.165, 1.54) is 24.3 Å². The molecule has 1 atom stereocenters. The number of sulfone groups is 1. The van der Waals surface area contributed by atoms with E-state index < -0.39 is 21.9 Å². The lowest BCUT2D eigenvalue weighted by Gasteiger charge is -2.31. The van der Waals surface area contributed by atoms with E-state index in [2.05, 4.69) is 6.92 Å². The van der Waals surface area contributed by atoms with Gasteiger partial charge < -0.3 is 9.64 Å². The van der Waals surface area contributed by atoms with Crippen LogP contribution < -0.4 is 0 Å². The molecule has 1 aliphatic heterocycles. The van der Waals surface area contributed by atoms with E-state index in [0.717, 1.165) is 19.1 Å². The summed E-state index contributed by atoms with van der Waals surface area (Å²) in [5, 5.41) is 0. The second-order valence-electron chi connectivity index (χ2n) is 6.35. The zero-order chi connectivity index (χ0) is 17.9. The molecule has 132 valence electrons. The molecule has 1 heterocycles. The van der Waals surface area contributed by atoms with Gasteiger partial charge in [-0.25, -0.2) is 13.2 Å². The summed E-state index contributed by atoms with van der Waals surface area (Å²) in [6.07, 6.45) is 2.15. The topological polar surface area (TPSA) is 80.8 Å². The second-order valence-corrected chi connectivity index (χ2v) is 8.37. The number of amides is 1. The Morgan fingerprint density at radius 1 is 1.17 bits per heavy atom. The van der Waals surface area contributed by atoms with Crippen molar-refractivity contribution in [3.63, 3.8) is 0 Å². The van der Waals surface area contributed by atoms with Crippen molar-refractivity contribution in [2.75, 3.05) is 19.3 Å². The number of nitrogens with zero attached hydrogens (tertiary/aromatic N) is 1. The van der Waals surface area contributed by atoms with Crippen LogP contribution in [0.25, 0.3) is 0 Å². The van der Waals surface area contributed by atoms with Crippen molar-refractivity contribution in [2.45, 2.75) is 37.7 Å². The van der Waals surface area contributed by atoms with Crippen LogP contribution in [0.15, 0.2) is 29.2 Å². The number of carbonyl (C=O) groups is 2. The number of likely N-dealkylation sites (tertiary alicyclic amines) is 1. The average molecular weight is 353 g/mol. The summed E-state index contributed by atoms with van der Waals surface area (Å²) in [7, 11) is -3.31. The van der Waals surface area contributed by atoms with E-state index in [1.807, 2.05) is 0 Å². The van der Waals surface area contributed by atoms with Crippen molar-refractivity contribution in [1.29, 1.82) is 0 Å². The van der Waals surface area contributed by atoms with Crippen LogP contribution in [0.5, 0.6) is 0 Å². The smallest absolute Gasteiger partial charge is 0.338 e. The van der Waals surface area contributed by atoms with Crippen LogP contribution >= 0.6 is 0 Å². The normalized spacial score (nSPS) is 17.4. The molecule has 0 spiro atoms. The van der Waals surface area contributed by atoms with Crippen LogP contribution in [-0.2, 0) is 19.4 Å².